The van der Waals surface area contributed by atoms with Crippen molar-refractivity contribution in [2.45, 2.75) is 57.9 Å². The van der Waals surface area contributed by atoms with Gasteiger partial charge in [0.1, 0.15) is 11.8 Å². The summed E-state index contributed by atoms with van der Waals surface area (Å²) in [7, 11) is 0. The Bertz CT molecular complexity index is 793. The van der Waals surface area contributed by atoms with Crippen LogP contribution in [-0.4, -0.2) is 46.2 Å². The summed E-state index contributed by atoms with van der Waals surface area (Å²) in [5.41, 5.74) is 2.86. The number of allylic oxidation sites excluding steroid dienone is 4. The first-order chi connectivity index (χ1) is 13.0. The number of aliphatic hydroxyl groups excluding tert-OH is 1. The highest BCUT2D eigenvalue weighted by Crippen LogP contribution is 2.68. The predicted octanol–water partition coefficient (Wildman–Crippen LogP) is 1.72. The maximum absolute atomic E-state index is 15.2. The van der Waals surface area contributed by atoms with Gasteiger partial charge in [-0.15, -0.1) is 0 Å². The summed E-state index contributed by atoms with van der Waals surface area (Å²) < 4.78 is 15.2. The molecule has 0 radical (unpaired) electrons. The molecular weight excluding hydrogens is 361 g/mol. The number of nitrogens with two attached hydrogens (primary N) is 1. The average molecular weight is 391 g/mol. The smallest absolute Gasteiger partial charge is 0.178 e. The van der Waals surface area contributed by atoms with E-state index in [1.54, 1.807) is 6.08 Å². The van der Waals surface area contributed by atoms with E-state index in [0.717, 1.165) is 0 Å². The van der Waals surface area contributed by atoms with Gasteiger partial charge in [0, 0.05) is 16.7 Å². The van der Waals surface area contributed by atoms with Gasteiger partial charge in [-0.3, -0.25) is 9.59 Å². The van der Waals surface area contributed by atoms with Gasteiger partial charge in [-0.1, -0.05) is 26.8 Å². The number of carbonyl (C=O) groups is 2. The van der Waals surface area contributed by atoms with E-state index in [-0.39, 0.29) is 48.8 Å². The molecular formula is C22H30FNO4. The summed E-state index contributed by atoms with van der Waals surface area (Å²) in [5.74, 6) is -1.48. The van der Waals surface area contributed by atoms with Crippen LogP contribution in [0.3, 0.4) is 0 Å². The molecule has 0 spiro atoms. The van der Waals surface area contributed by atoms with Crippen LogP contribution in [0.4, 0.5) is 4.39 Å². The standard InChI is InChI=1S/C22H30FNO4/c1-11-6-14-13-8-16(23)15-7-12(25)4-5-20(15,2)19(13)17(26)9-21(14,3)22(11,28)18(27)10-24/h4-5,7,11,13-14,16-17,19,26,28H,6,8-10,24H2,1-3H3/t11-,13+,14?,16+,17+,19?,20+,21+,22+/m1/s1. The van der Waals surface area contributed by atoms with Gasteiger partial charge in [-0.05, 0) is 54.7 Å². The van der Waals surface area contributed by atoms with Gasteiger partial charge in [-0.25, -0.2) is 4.39 Å². The van der Waals surface area contributed by atoms with Crippen LogP contribution in [0.15, 0.2) is 23.8 Å². The molecule has 154 valence electrons. The lowest BCUT2D eigenvalue weighted by atomic mass is 9.46. The summed E-state index contributed by atoms with van der Waals surface area (Å²) in [6, 6.07) is 0. The van der Waals surface area contributed by atoms with E-state index < -0.39 is 34.5 Å². The number of carbonyl (C=O) groups excluding carboxylic acids is 2. The molecule has 4 aliphatic carbocycles. The van der Waals surface area contributed by atoms with Crippen LogP contribution < -0.4 is 5.73 Å². The van der Waals surface area contributed by atoms with E-state index in [1.807, 2.05) is 20.8 Å². The molecule has 0 aromatic rings. The normalized spacial score (nSPS) is 52.5. The maximum atomic E-state index is 15.2. The Kier molecular flexibility index (Phi) is 4.32. The van der Waals surface area contributed by atoms with Gasteiger partial charge < -0.3 is 15.9 Å². The molecule has 0 aliphatic heterocycles. The van der Waals surface area contributed by atoms with Gasteiger partial charge >= 0.3 is 0 Å². The molecule has 0 aromatic carbocycles. The maximum Gasteiger partial charge on any atom is 0.178 e. The second-order valence-electron chi connectivity index (χ2n) is 9.84. The number of halogens is 1. The Balaban J connectivity index is 1.81. The van der Waals surface area contributed by atoms with Gasteiger partial charge in [0.25, 0.3) is 0 Å². The third-order valence-electron chi connectivity index (χ3n) is 8.67. The molecule has 4 rings (SSSR count). The minimum Gasteiger partial charge on any atom is -0.393 e. The first-order valence-corrected chi connectivity index (χ1v) is 10.2. The fraction of sp³-hybridized carbons (Fsp3) is 0.727. The first kappa shape index (κ1) is 19.9. The minimum absolute atomic E-state index is 0.0981. The molecule has 0 saturated heterocycles. The van der Waals surface area contributed by atoms with E-state index in [9.17, 15) is 19.8 Å². The third kappa shape index (κ3) is 2.22. The predicted molar refractivity (Wildman–Crippen MR) is 102 cm³/mol. The zero-order valence-corrected chi connectivity index (χ0v) is 16.7. The fourth-order valence-electron chi connectivity index (χ4n) is 7.42. The Labute approximate surface area is 164 Å². The minimum atomic E-state index is -1.61. The van der Waals surface area contributed by atoms with E-state index >= 15 is 4.39 Å². The number of fused-ring (bicyclic) bond motifs is 5. The number of ketones is 2. The van der Waals surface area contributed by atoms with Gasteiger partial charge in [0.2, 0.25) is 0 Å². The molecule has 4 aliphatic rings. The molecule has 3 fully saturated rings. The van der Waals surface area contributed by atoms with Crippen molar-refractivity contribution in [2.24, 2.45) is 40.2 Å². The van der Waals surface area contributed by atoms with Crippen molar-refractivity contribution in [3.8, 4) is 0 Å². The molecule has 2 unspecified atom stereocenters. The Morgan fingerprint density at radius 2 is 2.04 bits per heavy atom. The summed E-state index contributed by atoms with van der Waals surface area (Å²) >= 11 is 0. The zero-order valence-electron chi connectivity index (χ0n) is 16.7. The molecule has 0 bridgehead atoms. The van der Waals surface area contributed by atoms with Crippen molar-refractivity contribution in [3.63, 3.8) is 0 Å². The molecule has 3 saturated carbocycles. The van der Waals surface area contributed by atoms with E-state index in [1.165, 1.54) is 12.2 Å². The van der Waals surface area contributed by atoms with Crippen LogP contribution in [0.5, 0.6) is 0 Å². The van der Waals surface area contributed by atoms with Crippen LogP contribution in [0.25, 0.3) is 0 Å². The zero-order chi connectivity index (χ0) is 20.6. The lowest BCUT2D eigenvalue weighted by molar-refractivity contribution is -0.182. The van der Waals surface area contributed by atoms with Gasteiger partial charge in [0.15, 0.2) is 11.6 Å². The van der Waals surface area contributed by atoms with Gasteiger partial charge in [-0.2, -0.15) is 0 Å². The highest BCUT2D eigenvalue weighted by molar-refractivity contribution is 6.01. The molecule has 4 N–H and O–H groups in total. The number of hydrogen-bond donors (Lipinski definition) is 3. The fourth-order valence-corrected chi connectivity index (χ4v) is 7.42. The number of Topliss-reactive ketones (excluding diaryl/α,β-unsaturated/α-hetero) is 1. The van der Waals surface area contributed by atoms with Crippen molar-refractivity contribution in [1.82, 2.24) is 0 Å². The van der Waals surface area contributed by atoms with Crippen molar-refractivity contribution < 1.29 is 24.2 Å². The topological polar surface area (TPSA) is 101 Å². The van der Waals surface area contributed by atoms with Gasteiger partial charge in [0.05, 0.1) is 12.6 Å². The van der Waals surface area contributed by atoms with Crippen molar-refractivity contribution >= 4 is 11.6 Å². The largest absolute Gasteiger partial charge is 0.393 e. The quantitative estimate of drug-likeness (QED) is 0.665. The number of aliphatic hydroxyl groups is 2. The lowest BCUT2D eigenvalue weighted by Gasteiger charge is -2.60. The Morgan fingerprint density at radius 3 is 2.68 bits per heavy atom. The van der Waals surface area contributed by atoms with Crippen molar-refractivity contribution in [2.75, 3.05) is 6.54 Å². The van der Waals surface area contributed by atoms with Crippen LogP contribution in [0.2, 0.25) is 0 Å². The Hall–Kier alpha value is -1.37. The highest BCUT2D eigenvalue weighted by Gasteiger charge is 2.70. The molecule has 6 heteroatoms. The number of rotatable bonds is 2. The first-order valence-electron chi connectivity index (χ1n) is 10.2. The van der Waals surface area contributed by atoms with E-state index in [4.69, 9.17) is 5.73 Å². The van der Waals surface area contributed by atoms with E-state index in [0.29, 0.717) is 12.0 Å². The molecule has 0 aromatic heterocycles. The second-order valence-corrected chi connectivity index (χ2v) is 9.84. The van der Waals surface area contributed by atoms with E-state index in [2.05, 4.69) is 0 Å². The van der Waals surface area contributed by atoms with Crippen LogP contribution >= 0.6 is 0 Å². The molecule has 5 nitrogen and oxygen atoms in total. The summed E-state index contributed by atoms with van der Waals surface area (Å²) in [4.78, 5) is 24.5. The summed E-state index contributed by atoms with van der Waals surface area (Å²) in [5, 5.41) is 22.7. The molecule has 28 heavy (non-hydrogen) atoms. The Morgan fingerprint density at radius 1 is 1.36 bits per heavy atom. The van der Waals surface area contributed by atoms with Crippen molar-refractivity contribution in [3.05, 3.63) is 23.8 Å². The summed E-state index contributed by atoms with van der Waals surface area (Å²) in [6.45, 7) is 5.34. The number of hydrogen-bond acceptors (Lipinski definition) is 5. The average Bonchev–Trinajstić information content (AvgIpc) is 2.83. The molecule has 0 heterocycles. The highest BCUT2D eigenvalue weighted by atomic mass is 19.1. The lowest BCUT2D eigenvalue weighted by Crippen LogP contribution is -2.63. The van der Waals surface area contributed by atoms with Crippen molar-refractivity contribution in [1.29, 1.82) is 0 Å². The second kappa shape index (κ2) is 6.07. The third-order valence-corrected chi connectivity index (χ3v) is 8.67. The SMILES string of the molecule is C[C@@H]1CC2[C@@H]3C[C@H](F)C4=CC(=O)C=C[C@]4(C)C3[C@@H](O)C[C@]2(C)[C@@]1(O)C(=O)CN. The summed E-state index contributed by atoms with van der Waals surface area (Å²) in [6.07, 6.45) is 3.55. The number of alkyl halides is 1. The van der Waals surface area contributed by atoms with Crippen LogP contribution in [0.1, 0.15) is 40.0 Å². The molecule has 0 amide bonds. The van der Waals surface area contributed by atoms with Crippen LogP contribution in [-0.2, 0) is 9.59 Å². The van der Waals surface area contributed by atoms with Crippen LogP contribution in [0, 0.1) is 34.5 Å². The monoisotopic (exact) mass is 391 g/mol. The molecule has 9 atom stereocenters.